The van der Waals surface area contributed by atoms with Gasteiger partial charge in [0.05, 0.1) is 19.6 Å². The van der Waals surface area contributed by atoms with Crippen molar-refractivity contribution < 1.29 is 14.6 Å². The first-order valence-electron chi connectivity index (χ1n) is 10.2. The van der Waals surface area contributed by atoms with Crippen molar-refractivity contribution in [2.45, 2.75) is 19.6 Å². The number of H-pyrrole nitrogens is 1. The molecule has 5 heteroatoms. The number of para-hydroxylation sites is 1. The van der Waals surface area contributed by atoms with Crippen molar-refractivity contribution in [1.29, 1.82) is 0 Å². The van der Waals surface area contributed by atoms with E-state index in [-0.39, 0.29) is 13.2 Å². The van der Waals surface area contributed by atoms with E-state index in [1.54, 1.807) is 0 Å². The van der Waals surface area contributed by atoms with Gasteiger partial charge in [-0.25, -0.2) is 4.98 Å². The molecule has 0 bridgehead atoms. The molecule has 0 radical (unpaired) electrons. The Morgan fingerprint density at radius 2 is 1.52 bits per heavy atom. The third-order valence-corrected chi connectivity index (χ3v) is 5.44. The van der Waals surface area contributed by atoms with E-state index in [1.165, 1.54) is 0 Å². The number of aliphatic hydroxyl groups excluding tert-OH is 2. The normalized spacial score (nSPS) is 11.3. The number of oxazole rings is 1. The topological polar surface area (TPSA) is 82.3 Å². The molecule has 5 nitrogen and oxygen atoms in total. The SMILES string of the molecule is OCc1cccc(-c2nc(Cc3c[nH]c4ccccc34)oc2-c2cccc(CO)c2)c1. The zero-order chi connectivity index (χ0) is 21.2. The molecule has 0 saturated heterocycles. The lowest BCUT2D eigenvalue weighted by molar-refractivity contribution is 0.281. The van der Waals surface area contributed by atoms with Gasteiger partial charge in [-0.1, -0.05) is 54.6 Å². The lowest BCUT2D eigenvalue weighted by Crippen LogP contribution is -1.89. The van der Waals surface area contributed by atoms with Crippen molar-refractivity contribution in [2.24, 2.45) is 0 Å². The molecule has 2 heterocycles. The van der Waals surface area contributed by atoms with Crippen molar-refractivity contribution in [3.63, 3.8) is 0 Å². The van der Waals surface area contributed by atoms with Gasteiger partial charge < -0.3 is 19.6 Å². The van der Waals surface area contributed by atoms with Crippen molar-refractivity contribution in [2.75, 3.05) is 0 Å². The first kappa shape index (κ1) is 19.3. The molecule has 3 aromatic carbocycles. The Balaban J connectivity index is 1.62. The average molecular weight is 410 g/mol. The third kappa shape index (κ3) is 3.77. The highest BCUT2D eigenvalue weighted by atomic mass is 16.4. The number of hydrogen-bond donors (Lipinski definition) is 3. The molecule has 0 amide bonds. The van der Waals surface area contributed by atoms with Gasteiger partial charge in [0, 0.05) is 28.2 Å². The van der Waals surface area contributed by atoms with Crippen LogP contribution >= 0.6 is 0 Å². The third-order valence-electron chi connectivity index (χ3n) is 5.44. The fourth-order valence-corrected chi connectivity index (χ4v) is 3.90. The fourth-order valence-electron chi connectivity index (χ4n) is 3.90. The van der Waals surface area contributed by atoms with E-state index in [2.05, 4.69) is 11.1 Å². The standard InChI is InChI=1S/C26H22N2O3/c29-15-17-5-3-7-19(11-17)25-26(20-8-4-6-18(12-20)16-30)31-24(28-25)13-21-14-27-23-10-2-1-9-22(21)23/h1-12,14,27,29-30H,13,15-16H2. The Kier molecular flexibility index (Phi) is 5.12. The van der Waals surface area contributed by atoms with E-state index in [9.17, 15) is 10.2 Å². The van der Waals surface area contributed by atoms with Gasteiger partial charge in [-0.2, -0.15) is 0 Å². The highest BCUT2D eigenvalue weighted by molar-refractivity contribution is 5.83. The predicted octanol–water partition coefficient (Wildman–Crippen LogP) is 5.07. The van der Waals surface area contributed by atoms with Crippen LogP contribution in [0.15, 0.2) is 83.4 Å². The van der Waals surface area contributed by atoms with Gasteiger partial charge in [-0.15, -0.1) is 0 Å². The van der Waals surface area contributed by atoms with E-state index in [0.29, 0.717) is 18.1 Å². The number of nitrogens with zero attached hydrogens (tertiary/aromatic N) is 1. The molecule has 0 aliphatic rings. The highest BCUT2D eigenvalue weighted by Crippen LogP contribution is 2.34. The van der Waals surface area contributed by atoms with Crippen LogP contribution in [-0.2, 0) is 19.6 Å². The summed E-state index contributed by atoms with van der Waals surface area (Å²) in [5.74, 6) is 1.26. The first-order chi connectivity index (χ1) is 15.2. The minimum absolute atomic E-state index is 0.0385. The maximum absolute atomic E-state index is 9.57. The number of aromatic amines is 1. The molecule has 154 valence electrons. The molecular weight excluding hydrogens is 388 g/mol. The van der Waals surface area contributed by atoms with Crippen LogP contribution in [0.25, 0.3) is 33.5 Å². The maximum Gasteiger partial charge on any atom is 0.200 e. The Labute approximate surface area is 179 Å². The molecule has 0 saturated carbocycles. The molecule has 5 aromatic rings. The summed E-state index contributed by atoms with van der Waals surface area (Å²) in [6.45, 7) is -0.0806. The summed E-state index contributed by atoms with van der Waals surface area (Å²) >= 11 is 0. The molecule has 0 atom stereocenters. The van der Waals surface area contributed by atoms with Gasteiger partial charge in [0.25, 0.3) is 0 Å². The largest absolute Gasteiger partial charge is 0.440 e. The van der Waals surface area contributed by atoms with Gasteiger partial charge in [0.15, 0.2) is 11.7 Å². The lowest BCUT2D eigenvalue weighted by atomic mass is 10.0. The molecule has 2 aromatic heterocycles. The quantitative estimate of drug-likeness (QED) is 0.365. The number of hydrogen-bond acceptors (Lipinski definition) is 4. The van der Waals surface area contributed by atoms with Crippen LogP contribution in [0.1, 0.15) is 22.6 Å². The molecular formula is C26H22N2O3. The van der Waals surface area contributed by atoms with Gasteiger partial charge >= 0.3 is 0 Å². The van der Waals surface area contributed by atoms with Gasteiger partial charge in [-0.3, -0.25) is 0 Å². The summed E-state index contributed by atoms with van der Waals surface area (Å²) in [4.78, 5) is 8.14. The average Bonchev–Trinajstić information content (AvgIpc) is 3.44. The maximum atomic E-state index is 9.57. The molecule has 5 rings (SSSR count). The summed E-state index contributed by atoms with van der Waals surface area (Å²) in [5, 5.41) is 20.3. The van der Waals surface area contributed by atoms with Gasteiger partial charge in [-0.05, 0) is 34.9 Å². The highest BCUT2D eigenvalue weighted by Gasteiger charge is 2.19. The molecule has 0 fully saturated rings. The van der Waals surface area contributed by atoms with Crippen molar-refractivity contribution in [3.05, 3.63) is 102 Å². The van der Waals surface area contributed by atoms with Crippen LogP contribution in [0, 0.1) is 0 Å². The van der Waals surface area contributed by atoms with Crippen LogP contribution in [0.3, 0.4) is 0 Å². The van der Waals surface area contributed by atoms with E-state index in [0.717, 1.165) is 44.4 Å². The fraction of sp³-hybridized carbons (Fsp3) is 0.115. The van der Waals surface area contributed by atoms with Crippen LogP contribution in [-0.4, -0.2) is 20.2 Å². The number of aromatic nitrogens is 2. The predicted molar refractivity (Wildman–Crippen MR) is 120 cm³/mol. The second-order valence-corrected chi connectivity index (χ2v) is 7.54. The second-order valence-electron chi connectivity index (χ2n) is 7.54. The summed E-state index contributed by atoms with van der Waals surface area (Å²) in [5.41, 5.74) is 6.27. The molecule has 3 N–H and O–H groups in total. The van der Waals surface area contributed by atoms with E-state index < -0.39 is 0 Å². The van der Waals surface area contributed by atoms with Crippen molar-refractivity contribution in [3.8, 4) is 22.6 Å². The summed E-state index contributed by atoms with van der Waals surface area (Å²) in [6.07, 6.45) is 2.55. The number of nitrogens with one attached hydrogen (secondary N) is 1. The molecule has 0 spiro atoms. The Hall–Kier alpha value is -3.67. The molecule has 0 unspecified atom stereocenters. The zero-order valence-corrected chi connectivity index (χ0v) is 16.9. The minimum Gasteiger partial charge on any atom is -0.440 e. The number of aliphatic hydroxyl groups is 2. The molecule has 31 heavy (non-hydrogen) atoms. The van der Waals surface area contributed by atoms with Gasteiger partial charge in [0.1, 0.15) is 5.69 Å². The zero-order valence-electron chi connectivity index (χ0n) is 16.9. The number of fused-ring (bicyclic) bond motifs is 1. The monoisotopic (exact) mass is 410 g/mol. The van der Waals surface area contributed by atoms with Crippen molar-refractivity contribution >= 4 is 10.9 Å². The minimum atomic E-state index is -0.0422. The first-order valence-corrected chi connectivity index (χ1v) is 10.2. The van der Waals surface area contributed by atoms with Crippen LogP contribution in [0.2, 0.25) is 0 Å². The molecule has 0 aliphatic carbocycles. The Bertz CT molecular complexity index is 1280. The lowest BCUT2D eigenvalue weighted by Gasteiger charge is -2.05. The second kappa shape index (κ2) is 8.22. The van der Waals surface area contributed by atoms with Crippen molar-refractivity contribution in [1.82, 2.24) is 9.97 Å². The number of rotatable bonds is 6. The smallest absolute Gasteiger partial charge is 0.200 e. The van der Waals surface area contributed by atoms with Crippen LogP contribution in [0.5, 0.6) is 0 Å². The van der Waals surface area contributed by atoms with E-state index in [4.69, 9.17) is 9.40 Å². The summed E-state index contributed by atoms with van der Waals surface area (Å²) in [6, 6.07) is 23.5. The number of benzene rings is 3. The van der Waals surface area contributed by atoms with E-state index in [1.807, 2.05) is 72.9 Å². The summed E-state index contributed by atoms with van der Waals surface area (Å²) < 4.78 is 6.28. The molecule has 0 aliphatic heterocycles. The van der Waals surface area contributed by atoms with Crippen LogP contribution in [0.4, 0.5) is 0 Å². The summed E-state index contributed by atoms with van der Waals surface area (Å²) in [7, 11) is 0. The Morgan fingerprint density at radius 3 is 2.29 bits per heavy atom. The van der Waals surface area contributed by atoms with Gasteiger partial charge in [0.2, 0.25) is 0 Å². The Morgan fingerprint density at radius 1 is 0.806 bits per heavy atom. The van der Waals surface area contributed by atoms with Crippen LogP contribution < -0.4 is 0 Å². The van der Waals surface area contributed by atoms with E-state index >= 15 is 0 Å².